The Morgan fingerprint density at radius 3 is 2.80 bits per heavy atom. The van der Waals surface area contributed by atoms with Crippen LogP contribution >= 0.6 is 0 Å². The summed E-state index contributed by atoms with van der Waals surface area (Å²) in [6, 6.07) is 7.37. The molecule has 2 fully saturated rings. The average Bonchev–Trinajstić information content (AvgIpc) is 2.47. The third-order valence-electron chi connectivity index (χ3n) is 5.09. The monoisotopic (exact) mass is 276 g/mol. The fourth-order valence-corrected chi connectivity index (χ4v) is 3.86. The molecule has 20 heavy (non-hydrogen) atoms. The van der Waals surface area contributed by atoms with Gasteiger partial charge in [0.1, 0.15) is 5.82 Å². The van der Waals surface area contributed by atoms with Crippen LogP contribution in [0.4, 0.5) is 4.39 Å². The van der Waals surface area contributed by atoms with E-state index in [2.05, 4.69) is 17.1 Å². The smallest absolute Gasteiger partial charge is 0.123 e. The Morgan fingerprint density at radius 1 is 1.25 bits per heavy atom. The Hall–Kier alpha value is -0.930. The number of nitrogens with one attached hydrogen (secondary N) is 1. The van der Waals surface area contributed by atoms with Crippen LogP contribution in [0.2, 0.25) is 0 Å². The minimum absolute atomic E-state index is 0.128. The van der Waals surface area contributed by atoms with Gasteiger partial charge in [0.05, 0.1) is 0 Å². The van der Waals surface area contributed by atoms with E-state index in [1.54, 1.807) is 6.07 Å². The topological polar surface area (TPSA) is 15.3 Å². The van der Waals surface area contributed by atoms with Crippen LogP contribution in [0.25, 0.3) is 0 Å². The van der Waals surface area contributed by atoms with Gasteiger partial charge in [-0.15, -0.1) is 0 Å². The number of benzene rings is 1. The quantitative estimate of drug-likeness (QED) is 0.889. The summed E-state index contributed by atoms with van der Waals surface area (Å²) in [4.78, 5) is 2.52. The summed E-state index contributed by atoms with van der Waals surface area (Å²) in [5, 5.41) is 3.77. The molecule has 0 aromatic heterocycles. The summed E-state index contributed by atoms with van der Waals surface area (Å²) >= 11 is 0. The van der Waals surface area contributed by atoms with Gasteiger partial charge in [0.2, 0.25) is 0 Å². The van der Waals surface area contributed by atoms with Gasteiger partial charge in [-0.05, 0) is 37.5 Å². The first-order valence-electron chi connectivity index (χ1n) is 7.93. The standard InChI is InChI=1S/C17H25FN2/c1-14(15-6-5-7-16(18)12-15)20-11-10-19-17(13-20)8-3-2-4-9-17/h5-7,12,14,19H,2-4,8-11,13H2,1H3. The minimum atomic E-state index is -0.128. The van der Waals surface area contributed by atoms with Gasteiger partial charge in [0.15, 0.2) is 0 Å². The van der Waals surface area contributed by atoms with Crippen molar-refractivity contribution in [2.75, 3.05) is 19.6 Å². The lowest BCUT2D eigenvalue weighted by molar-refractivity contribution is 0.0729. The number of halogens is 1. The molecule has 1 saturated carbocycles. The lowest BCUT2D eigenvalue weighted by atomic mass is 9.79. The molecular weight excluding hydrogens is 251 g/mol. The molecule has 1 spiro atoms. The first kappa shape index (κ1) is 14.0. The van der Waals surface area contributed by atoms with Gasteiger partial charge < -0.3 is 5.32 Å². The van der Waals surface area contributed by atoms with Crippen molar-refractivity contribution in [1.82, 2.24) is 10.2 Å². The van der Waals surface area contributed by atoms with Crippen molar-refractivity contribution in [2.24, 2.45) is 0 Å². The summed E-state index contributed by atoms with van der Waals surface area (Å²) in [6.45, 7) is 5.42. The maximum absolute atomic E-state index is 13.4. The molecule has 0 bridgehead atoms. The molecular formula is C17H25FN2. The van der Waals surface area contributed by atoms with Crippen LogP contribution in [0, 0.1) is 5.82 Å². The van der Waals surface area contributed by atoms with Crippen molar-refractivity contribution in [3.05, 3.63) is 35.6 Å². The van der Waals surface area contributed by atoms with Gasteiger partial charge in [-0.2, -0.15) is 0 Å². The average molecular weight is 276 g/mol. The molecule has 110 valence electrons. The normalized spacial score (nSPS) is 24.7. The zero-order valence-corrected chi connectivity index (χ0v) is 12.4. The molecule has 1 heterocycles. The zero-order chi connectivity index (χ0) is 14.0. The molecule has 0 amide bonds. The number of hydrogen-bond donors (Lipinski definition) is 1. The summed E-state index contributed by atoms with van der Waals surface area (Å²) < 4.78 is 13.4. The van der Waals surface area contributed by atoms with Crippen LogP contribution in [-0.2, 0) is 0 Å². The lowest BCUT2D eigenvalue weighted by Gasteiger charge is -2.48. The van der Waals surface area contributed by atoms with Gasteiger partial charge in [0, 0.05) is 31.2 Å². The van der Waals surface area contributed by atoms with Gasteiger partial charge in [-0.25, -0.2) is 4.39 Å². The highest BCUT2D eigenvalue weighted by molar-refractivity contribution is 5.20. The highest BCUT2D eigenvalue weighted by Gasteiger charge is 2.37. The van der Waals surface area contributed by atoms with Crippen LogP contribution in [0.1, 0.15) is 50.6 Å². The zero-order valence-electron chi connectivity index (χ0n) is 12.4. The van der Waals surface area contributed by atoms with Crippen molar-refractivity contribution in [2.45, 2.75) is 50.6 Å². The van der Waals surface area contributed by atoms with E-state index < -0.39 is 0 Å². The van der Waals surface area contributed by atoms with Crippen molar-refractivity contribution < 1.29 is 4.39 Å². The second kappa shape index (κ2) is 5.82. The van der Waals surface area contributed by atoms with Crippen molar-refractivity contribution in [3.63, 3.8) is 0 Å². The van der Waals surface area contributed by atoms with Gasteiger partial charge >= 0.3 is 0 Å². The van der Waals surface area contributed by atoms with Crippen LogP contribution in [0.5, 0.6) is 0 Å². The molecule has 1 aromatic rings. The second-order valence-electron chi connectivity index (χ2n) is 6.47. The van der Waals surface area contributed by atoms with Gasteiger partial charge in [0.25, 0.3) is 0 Å². The SMILES string of the molecule is CC(c1cccc(F)c1)N1CCNC2(CCCCC2)C1. The fourth-order valence-electron chi connectivity index (χ4n) is 3.86. The molecule has 2 aliphatic rings. The van der Waals surface area contributed by atoms with E-state index in [4.69, 9.17) is 0 Å². The highest BCUT2D eigenvalue weighted by atomic mass is 19.1. The second-order valence-corrected chi connectivity index (χ2v) is 6.47. The van der Waals surface area contributed by atoms with E-state index in [1.165, 1.54) is 38.2 Å². The molecule has 1 unspecified atom stereocenters. The molecule has 1 aromatic carbocycles. The minimum Gasteiger partial charge on any atom is -0.309 e. The number of hydrogen-bond acceptors (Lipinski definition) is 2. The molecule has 1 N–H and O–H groups in total. The van der Waals surface area contributed by atoms with Crippen LogP contribution in [0.3, 0.4) is 0 Å². The number of nitrogens with zero attached hydrogens (tertiary/aromatic N) is 1. The first-order chi connectivity index (χ1) is 9.69. The molecule has 1 saturated heterocycles. The first-order valence-corrected chi connectivity index (χ1v) is 7.93. The summed E-state index contributed by atoms with van der Waals surface area (Å²) in [5.74, 6) is -0.128. The molecule has 3 heteroatoms. The van der Waals surface area contributed by atoms with E-state index in [0.29, 0.717) is 11.6 Å². The molecule has 1 aliphatic heterocycles. The Balaban J connectivity index is 1.73. The number of piperazine rings is 1. The van der Waals surface area contributed by atoms with Crippen molar-refractivity contribution in [1.29, 1.82) is 0 Å². The summed E-state index contributed by atoms with van der Waals surface area (Å²) in [5.41, 5.74) is 1.41. The largest absolute Gasteiger partial charge is 0.309 e. The number of rotatable bonds is 2. The Labute approximate surface area is 121 Å². The predicted molar refractivity (Wildman–Crippen MR) is 80.2 cm³/mol. The van der Waals surface area contributed by atoms with E-state index in [9.17, 15) is 4.39 Å². The Morgan fingerprint density at radius 2 is 2.05 bits per heavy atom. The van der Waals surface area contributed by atoms with Gasteiger partial charge in [-0.3, -0.25) is 4.90 Å². The van der Waals surface area contributed by atoms with Gasteiger partial charge in [-0.1, -0.05) is 31.4 Å². The lowest BCUT2D eigenvalue weighted by Crippen LogP contribution is -2.61. The highest BCUT2D eigenvalue weighted by Crippen LogP contribution is 2.33. The summed E-state index contributed by atoms with van der Waals surface area (Å²) in [7, 11) is 0. The molecule has 1 atom stereocenters. The summed E-state index contributed by atoms with van der Waals surface area (Å²) in [6.07, 6.45) is 6.64. The third kappa shape index (κ3) is 2.89. The van der Waals surface area contributed by atoms with Crippen LogP contribution in [-0.4, -0.2) is 30.1 Å². The molecule has 0 radical (unpaired) electrons. The molecule has 3 rings (SSSR count). The van der Waals surface area contributed by atoms with Crippen LogP contribution in [0.15, 0.2) is 24.3 Å². The third-order valence-corrected chi connectivity index (χ3v) is 5.09. The van der Waals surface area contributed by atoms with E-state index in [0.717, 1.165) is 25.2 Å². The van der Waals surface area contributed by atoms with E-state index in [-0.39, 0.29) is 5.82 Å². The van der Waals surface area contributed by atoms with Crippen molar-refractivity contribution in [3.8, 4) is 0 Å². The molecule has 1 aliphatic carbocycles. The predicted octanol–water partition coefficient (Wildman–Crippen LogP) is 3.49. The Kier molecular flexibility index (Phi) is 4.08. The Bertz CT molecular complexity index is 449. The van der Waals surface area contributed by atoms with Crippen molar-refractivity contribution >= 4 is 0 Å². The maximum atomic E-state index is 13.4. The van der Waals surface area contributed by atoms with Crippen LogP contribution < -0.4 is 5.32 Å². The van der Waals surface area contributed by atoms with E-state index >= 15 is 0 Å². The molecule has 2 nitrogen and oxygen atoms in total. The van der Waals surface area contributed by atoms with E-state index in [1.807, 2.05) is 12.1 Å². The maximum Gasteiger partial charge on any atom is 0.123 e. The fraction of sp³-hybridized carbons (Fsp3) is 0.647.